The van der Waals surface area contributed by atoms with Crippen molar-refractivity contribution in [2.75, 3.05) is 0 Å². The molecular formula is C30H27Cl2NO2. The predicted octanol–water partition coefficient (Wildman–Crippen LogP) is 8.99. The molecule has 2 aliphatic carbocycles. The van der Waals surface area contributed by atoms with Crippen LogP contribution >= 0.6 is 23.2 Å². The zero-order valence-electron chi connectivity index (χ0n) is 19.9. The highest BCUT2D eigenvalue weighted by Crippen LogP contribution is 2.56. The van der Waals surface area contributed by atoms with E-state index in [0.29, 0.717) is 29.4 Å². The van der Waals surface area contributed by atoms with Crippen molar-refractivity contribution in [2.24, 2.45) is 0 Å². The van der Waals surface area contributed by atoms with E-state index in [4.69, 9.17) is 32.5 Å². The number of ether oxygens (including phenoxy) is 1. The van der Waals surface area contributed by atoms with Crippen LogP contribution < -0.4 is 4.74 Å². The second-order valence-corrected chi connectivity index (χ2v) is 10.7. The molecule has 2 aliphatic rings. The smallest absolute Gasteiger partial charge is 0.147 e. The van der Waals surface area contributed by atoms with Crippen molar-refractivity contribution in [3.63, 3.8) is 0 Å². The second kappa shape index (κ2) is 9.04. The molecule has 5 heteroatoms. The molecule has 6 rings (SSSR count). The van der Waals surface area contributed by atoms with Crippen LogP contribution in [-0.2, 0) is 6.61 Å². The van der Waals surface area contributed by atoms with E-state index in [1.165, 1.54) is 16.7 Å². The van der Waals surface area contributed by atoms with Crippen molar-refractivity contribution in [1.82, 2.24) is 5.16 Å². The highest BCUT2D eigenvalue weighted by molar-refractivity contribution is 6.33. The number of hydrogen-bond donors (Lipinski definition) is 0. The highest BCUT2D eigenvalue weighted by atomic mass is 35.5. The largest absolute Gasteiger partial charge is 0.489 e. The fourth-order valence-corrected chi connectivity index (χ4v) is 5.65. The maximum absolute atomic E-state index is 6.74. The number of rotatable bonds is 7. The van der Waals surface area contributed by atoms with Crippen LogP contribution in [-0.4, -0.2) is 5.16 Å². The number of benzene rings is 3. The molecule has 2 atom stereocenters. The maximum atomic E-state index is 6.74. The van der Waals surface area contributed by atoms with E-state index in [2.05, 4.69) is 42.4 Å². The van der Waals surface area contributed by atoms with Crippen LogP contribution in [0.3, 0.4) is 0 Å². The third kappa shape index (κ3) is 4.48. The van der Waals surface area contributed by atoms with Gasteiger partial charge in [-0.25, -0.2) is 0 Å². The van der Waals surface area contributed by atoms with E-state index in [-0.39, 0.29) is 0 Å². The zero-order chi connectivity index (χ0) is 24.1. The van der Waals surface area contributed by atoms with Crippen LogP contribution in [0.4, 0.5) is 0 Å². The van der Waals surface area contributed by atoms with Gasteiger partial charge in [0.1, 0.15) is 23.8 Å². The molecule has 0 N–H and O–H groups in total. The molecule has 35 heavy (non-hydrogen) atoms. The molecule has 0 bridgehead atoms. The monoisotopic (exact) mass is 503 g/mol. The lowest BCUT2D eigenvalue weighted by atomic mass is 10.0. The Balaban J connectivity index is 1.22. The summed E-state index contributed by atoms with van der Waals surface area (Å²) in [7, 11) is 0. The van der Waals surface area contributed by atoms with E-state index in [1.807, 2.05) is 37.3 Å². The molecule has 2 saturated carbocycles. The van der Waals surface area contributed by atoms with Crippen molar-refractivity contribution in [2.45, 2.75) is 57.5 Å². The van der Waals surface area contributed by atoms with Crippen LogP contribution in [0.25, 0.3) is 11.3 Å². The lowest BCUT2D eigenvalue weighted by Gasteiger charge is -2.12. The molecule has 3 nitrogen and oxygen atoms in total. The van der Waals surface area contributed by atoms with Gasteiger partial charge >= 0.3 is 0 Å². The van der Waals surface area contributed by atoms with Crippen molar-refractivity contribution in [1.29, 1.82) is 0 Å². The maximum Gasteiger partial charge on any atom is 0.147 e. The summed E-state index contributed by atoms with van der Waals surface area (Å²) in [4.78, 5) is 0. The van der Waals surface area contributed by atoms with Gasteiger partial charge in [0.05, 0.1) is 10.6 Å². The highest BCUT2D eigenvalue weighted by Gasteiger charge is 2.40. The van der Waals surface area contributed by atoms with E-state index >= 15 is 0 Å². The first kappa shape index (κ1) is 22.7. The molecule has 4 aromatic rings. The molecule has 0 aliphatic heterocycles. The lowest BCUT2D eigenvalue weighted by molar-refractivity contribution is 0.300. The SMILES string of the molecule is Cc1ccc(C2CC2c2ccc(OCc3c(-c4c(C)cccc4Cl)noc3C3CC3)cc2Cl)cc1. The Morgan fingerprint density at radius 1 is 0.943 bits per heavy atom. The number of aryl methyl sites for hydroxylation is 2. The molecule has 178 valence electrons. The third-order valence-corrected chi connectivity index (χ3v) is 7.92. The normalized spacial score (nSPS) is 19.1. The molecule has 1 heterocycles. The van der Waals surface area contributed by atoms with Crippen molar-refractivity contribution in [3.05, 3.63) is 104 Å². The second-order valence-electron chi connectivity index (χ2n) is 9.91. The first-order chi connectivity index (χ1) is 17.0. The Kier molecular flexibility index (Phi) is 5.86. The molecule has 0 spiro atoms. The molecule has 0 amide bonds. The van der Waals surface area contributed by atoms with E-state index in [0.717, 1.165) is 58.2 Å². The molecule has 0 radical (unpaired) electrons. The minimum absolute atomic E-state index is 0.362. The van der Waals surface area contributed by atoms with Gasteiger partial charge in [0, 0.05) is 16.5 Å². The summed E-state index contributed by atoms with van der Waals surface area (Å²) in [6.45, 7) is 4.52. The van der Waals surface area contributed by atoms with Crippen LogP contribution in [0, 0.1) is 13.8 Å². The van der Waals surface area contributed by atoms with Gasteiger partial charge < -0.3 is 9.26 Å². The Labute approximate surface area is 216 Å². The zero-order valence-corrected chi connectivity index (χ0v) is 21.4. The number of aromatic nitrogens is 1. The standard InChI is InChI=1S/C30H27Cl2NO2/c1-17-6-8-19(9-7-17)23-15-24(23)22-13-12-21(14-27(22)32)34-16-25-29(33-35-30(25)20-10-11-20)28-18(2)4-3-5-26(28)31/h3-9,12-14,20,23-24H,10-11,15-16H2,1-2H3. The van der Waals surface area contributed by atoms with Crippen molar-refractivity contribution < 1.29 is 9.26 Å². The Hall–Kier alpha value is -2.75. The molecule has 1 aromatic heterocycles. The van der Waals surface area contributed by atoms with Gasteiger partial charge in [-0.2, -0.15) is 0 Å². The minimum Gasteiger partial charge on any atom is -0.489 e. The van der Waals surface area contributed by atoms with Gasteiger partial charge in [-0.1, -0.05) is 76.4 Å². The summed E-state index contributed by atoms with van der Waals surface area (Å²) in [5.41, 5.74) is 7.60. The van der Waals surface area contributed by atoms with Gasteiger partial charge in [-0.15, -0.1) is 0 Å². The Morgan fingerprint density at radius 2 is 1.74 bits per heavy atom. The third-order valence-electron chi connectivity index (χ3n) is 7.28. The first-order valence-corrected chi connectivity index (χ1v) is 13.0. The van der Waals surface area contributed by atoms with Gasteiger partial charge in [0.2, 0.25) is 0 Å². The summed E-state index contributed by atoms with van der Waals surface area (Å²) in [6.07, 6.45) is 3.37. The molecule has 0 saturated heterocycles. The van der Waals surface area contributed by atoms with E-state index in [9.17, 15) is 0 Å². The van der Waals surface area contributed by atoms with Crippen LogP contribution in [0.15, 0.2) is 65.2 Å². The molecular weight excluding hydrogens is 477 g/mol. The average Bonchev–Trinajstić information content (AvgIpc) is 3.77. The Bertz CT molecular complexity index is 1370. The van der Waals surface area contributed by atoms with Gasteiger partial charge in [0.15, 0.2) is 0 Å². The number of hydrogen-bond acceptors (Lipinski definition) is 3. The fraction of sp³-hybridized carbons (Fsp3) is 0.300. The summed E-state index contributed by atoms with van der Waals surface area (Å²) >= 11 is 13.3. The summed E-state index contributed by atoms with van der Waals surface area (Å²) < 4.78 is 12.0. The summed E-state index contributed by atoms with van der Waals surface area (Å²) in [5.74, 6) is 3.09. The topological polar surface area (TPSA) is 35.3 Å². The van der Waals surface area contributed by atoms with Gasteiger partial charge in [0.25, 0.3) is 0 Å². The number of halogens is 2. The van der Waals surface area contributed by atoms with Gasteiger partial charge in [-0.3, -0.25) is 0 Å². The Morgan fingerprint density at radius 3 is 2.46 bits per heavy atom. The van der Waals surface area contributed by atoms with Crippen molar-refractivity contribution >= 4 is 23.2 Å². The number of nitrogens with zero attached hydrogens (tertiary/aromatic N) is 1. The first-order valence-electron chi connectivity index (χ1n) is 12.2. The lowest BCUT2D eigenvalue weighted by Crippen LogP contribution is -2.00. The van der Waals surface area contributed by atoms with Crippen molar-refractivity contribution in [3.8, 4) is 17.0 Å². The van der Waals surface area contributed by atoms with Crippen LogP contribution in [0.5, 0.6) is 5.75 Å². The average molecular weight is 504 g/mol. The minimum atomic E-state index is 0.362. The fourth-order valence-electron chi connectivity index (χ4n) is 5.03. The summed E-state index contributed by atoms with van der Waals surface area (Å²) in [6, 6.07) is 20.8. The quantitative estimate of drug-likeness (QED) is 0.252. The van der Waals surface area contributed by atoms with Crippen LogP contribution in [0.1, 0.15) is 70.6 Å². The predicted molar refractivity (Wildman–Crippen MR) is 141 cm³/mol. The molecule has 2 unspecified atom stereocenters. The van der Waals surface area contributed by atoms with E-state index < -0.39 is 0 Å². The molecule has 2 fully saturated rings. The van der Waals surface area contributed by atoms with E-state index in [1.54, 1.807) is 0 Å². The van der Waals surface area contributed by atoms with Gasteiger partial charge in [-0.05, 0) is 79.8 Å². The summed E-state index contributed by atoms with van der Waals surface area (Å²) in [5, 5.41) is 5.85. The van der Waals surface area contributed by atoms with Crippen LogP contribution in [0.2, 0.25) is 10.0 Å². The molecule has 3 aromatic carbocycles.